The quantitative estimate of drug-likeness (QED) is 0.00432. The Morgan fingerprint density at radius 2 is 0.882 bits per heavy atom. The van der Waals surface area contributed by atoms with Crippen LogP contribution in [0.1, 0.15) is 153 Å². The number of likely N-dealkylation sites (N-methyl/N-ethyl adjacent to an activating group) is 2. The molecule has 0 bridgehead atoms. The number of alkyl halides is 1. The van der Waals surface area contributed by atoms with Gasteiger partial charge >= 0.3 is 70.7 Å². The number of hydrogen-bond acceptors (Lipinski definition) is 24. The number of amides is 2. The van der Waals surface area contributed by atoms with Crippen molar-refractivity contribution in [1.82, 2.24) is 43.9 Å². The second-order valence-corrected chi connectivity index (χ2v) is 33.2. The number of hydrogen-bond donors (Lipinski definition) is 7. The minimum absolute atomic E-state index is 0.0562. The number of terminal acetylenes is 1. The van der Waals surface area contributed by atoms with Crippen LogP contribution in [-0.2, 0) is 78.4 Å². The topological polar surface area (TPSA) is 478 Å². The number of esters is 4. The van der Waals surface area contributed by atoms with Gasteiger partial charge in [0.25, 0.3) is 0 Å². The Kier molecular flexibility index (Phi) is 48.0. The Balaban J connectivity index is 0.000000299. The first-order valence-corrected chi connectivity index (χ1v) is 46.0. The molecule has 0 aliphatic rings. The van der Waals surface area contributed by atoms with E-state index in [1.54, 1.807) is 160 Å². The van der Waals surface area contributed by atoms with Crippen molar-refractivity contribution in [3.63, 3.8) is 0 Å². The lowest BCUT2D eigenvalue weighted by Crippen LogP contribution is -2.40. The van der Waals surface area contributed by atoms with Crippen LogP contribution in [0, 0.1) is 64.0 Å². The zero-order chi connectivity index (χ0) is 107. The first-order chi connectivity index (χ1) is 68.4. The van der Waals surface area contributed by atoms with Crippen molar-refractivity contribution in [3.8, 4) is 79.9 Å². The van der Waals surface area contributed by atoms with Crippen LogP contribution in [0.25, 0.3) is 67.5 Å². The summed E-state index contributed by atoms with van der Waals surface area (Å²) in [6.45, 7) is 24.4. The molecule has 0 spiro atoms. The smallest absolute Gasteiger partial charge is 0.412 e. The zero-order valence-corrected chi connectivity index (χ0v) is 85.6. The van der Waals surface area contributed by atoms with Gasteiger partial charge in [-0.05, 0) is 204 Å². The van der Waals surface area contributed by atoms with E-state index in [4.69, 9.17) is 42.4 Å². The van der Waals surface area contributed by atoms with Gasteiger partial charge < -0.3 is 73.8 Å². The number of aryl methyl sites for hydroxylation is 6. The van der Waals surface area contributed by atoms with Gasteiger partial charge in [-0.1, -0.05) is 225 Å². The molecule has 0 radical (unpaired) electrons. The van der Waals surface area contributed by atoms with Crippen LogP contribution in [-0.4, -0.2) is 182 Å². The number of pyridine rings is 4. The van der Waals surface area contributed by atoms with Crippen molar-refractivity contribution in [2.75, 3.05) is 52.9 Å². The van der Waals surface area contributed by atoms with Crippen LogP contribution in [0.4, 0.5) is 16.2 Å². The molecule has 8 N–H and O–H groups in total. The Morgan fingerprint density at radius 1 is 0.500 bits per heavy atom. The van der Waals surface area contributed by atoms with Crippen LogP contribution in [0.3, 0.4) is 0 Å². The molecule has 144 heavy (non-hydrogen) atoms. The first kappa shape index (κ1) is 118. The van der Waals surface area contributed by atoms with Crippen LogP contribution in [0.15, 0.2) is 249 Å². The fourth-order valence-corrected chi connectivity index (χ4v) is 13.9. The highest BCUT2D eigenvalue weighted by molar-refractivity contribution is 9.09. The number of benzene rings is 6. The molecule has 0 saturated heterocycles. The Morgan fingerprint density at radius 3 is 1.24 bits per heavy atom. The summed E-state index contributed by atoms with van der Waals surface area (Å²) >= 11 is 7.77. The van der Waals surface area contributed by atoms with Gasteiger partial charge in [0.2, 0.25) is 5.69 Å². The van der Waals surface area contributed by atoms with Crippen LogP contribution in [0.5, 0.6) is 0 Å². The molecule has 756 valence electrons. The summed E-state index contributed by atoms with van der Waals surface area (Å²) in [4.78, 5) is 154. The standard InChI is InChI=1S/C23H25N3O4.C20H19N3O4.C20H20N2O2.C14H17NO5.C10H13NO2.C9H9BrO2.C7H5N.C4H5ClO3.CH5N/c1-14-9-11-15(12-10-14)19-17(16-8-6-7-13-24-16)18(20(21(27)28)26(19)5)25-22(29)30-23(2,3)4;1-4-27-20(24)19-18(23(25)26)16(15-7-5-6-12-21-15)17(22(19)3)14-10-8-13(2)9-11-14;1-4-24-20(23)18-13-16(17-7-5-6-12-21-17)19(22(18)3)15-10-8-14(2)9-11-15;1-4-20-14(19)12(16)15(3)11(13(17)18)10-7-5-9(2)6-8-10;1-7-3-5-8(6-4-7)9(11-2)10(12)13;1-6-2-4-7(5-3-6)8(10)9(11)12;1-2-7-5-3-4-6-8-7;1-2-8-4(7)3(5)6;1-2/h6-13H,1-5H3,(H,25,29)(H,27,28);5-12H,4H2,1-3H3;5-13H,4H2,1-3H3;5-8,11H,4H2,1-3H3,(H,17,18);3-6,9,11H,1-2H3,(H,12,13);2-5,8H,1H3,(H,11,12);1,3-6H;2H2,1H3;2H2,1H3. The molecule has 0 aliphatic carbocycles. The number of carbonyl (C=O) groups excluding carboxylic acids is 7. The van der Waals surface area contributed by atoms with Gasteiger partial charge in [0.05, 0.1) is 76.8 Å². The number of carboxylic acid groups (broad SMARTS) is 4. The first-order valence-electron chi connectivity index (χ1n) is 44.7. The molecule has 13 rings (SSSR count). The van der Waals surface area contributed by atoms with Crippen molar-refractivity contribution >= 4 is 104 Å². The van der Waals surface area contributed by atoms with Crippen LogP contribution in [0.2, 0.25) is 0 Å². The third-order valence-electron chi connectivity index (χ3n) is 20.3. The molecule has 2 amide bonds. The second kappa shape index (κ2) is 58.6. The number of nitrogens with one attached hydrogen (secondary N) is 2. The average Bonchev–Trinajstić information content (AvgIpc) is 1.60. The highest BCUT2D eigenvalue weighted by atomic mass is 79.9. The largest absolute Gasteiger partial charge is 0.480 e. The lowest BCUT2D eigenvalue weighted by Gasteiger charge is -2.24. The molecule has 0 fully saturated rings. The lowest BCUT2D eigenvalue weighted by molar-refractivity contribution is -0.384. The molecule has 0 saturated carbocycles. The molecule has 7 aromatic heterocycles. The van der Waals surface area contributed by atoms with Crippen molar-refractivity contribution in [2.24, 2.45) is 26.9 Å². The maximum atomic E-state index is 12.5. The summed E-state index contributed by atoms with van der Waals surface area (Å²) in [6, 6.07) is 67.0. The molecule has 3 atom stereocenters. The number of anilines is 1. The van der Waals surface area contributed by atoms with E-state index in [2.05, 4.69) is 98.8 Å². The lowest BCUT2D eigenvalue weighted by atomic mass is 10.0. The van der Waals surface area contributed by atoms with Gasteiger partial charge in [-0.3, -0.25) is 49.6 Å². The maximum Gasteiger partial charge on any atom is 0.412 e. The third-order valence-corrected chi connectivity index (χ3v) is 21.4. The molecule has 13 aromatic rings. The van der Waals surface area contributed by atoms with Gasteiger partial charge in [-0.2, -0.15) is 0 Å². The van der Waals surface area contributed by atoms with E-state index >= 15 is 0 Å². The van der Waals surface area contributed by atoms with Gasteiger partial charge in [-0.25, -0.2) is 38.5 Å². The average molecular weight is 2050 g/mol. The fraction of sp³-hybridized carbons (Fsp3) is 0.250. The molecular weight excluding hydrogens is 1930 g/mol. The molecule has 7 heterocycles. The Bertz CT molecular complexity index is 6520. The number of aliphatic carboxylic acids is 3. The van der Waals surface area contributed by atoms with Crippen LogP contribution >= 0.6 is 27.5 Å². The molecule has 0 aliphatic heterocycles. The Hall–Kier alpha value is -16.4. The SMILES string of the molecule is C#Cc1ccccn1.CCOC(=O)C(=O)Cl.CCOC(=O)C(=O)N(C)C(C(=O)O)c1ccc(C)cc1.CCOC(=O)c1c([N+](=O)[O-])c(-c2ccccn2)c(-c2ccc(C)cc2)n1C.CCOC(=O)c1cc(-c2ccccn2)c(-c2ccc(C)cc2)n1C.CN.CNC(C(=O)O)c1ccc(C)cc1.Cc1ccc(-c2c(-c3ccccn3)c(NC(=O)OC(C)(C)C)c(C(=O)O)n2C)cc1.Cc1ccc(C(Br)C(=O)O)cc1. The number of nitro groups is 1. The number of aromatic nitrogens is 7. The number of nitrogens with zero attached hydrogens (tertiary/aromatic N) is 9. The normalized spacial score (nSPS) is 10.8. The predicted octanol–water partition coefficient (Wildman–Crippen LogP) is 19.4. The number of rotatable bonds is 24. The summed E-state index contributed by atoms with van der Waals surface area (Å²) in [5.41, 5.74) is 21.5. The van der Waals surface area contributed by atoms with Gasteiger partial charge in [-0.15, -0.1) is 6.42 Å². The maximum absolute atomic E-state index is 12.5. The van der Waals surface area contributed by atoms with E-state index in [-0.39, 0.29) is 48.6 Å². The molecule has 34 nitrogen and oxygen atoms in total. The van der Waals surface area contributed by atoms with E-state index in [0.29, 0.717) is 57.5 Å². The number of carboxylic acids is 4. The van der Waals surface area contributed by atoms with Gasteiger partial charge in [0, 0.05) is 58.5 Å². The third kappa shape index (κ3) is 34.8. The van der Waals surface area contributed by atoms with Crippen molar-refractivity contribution in [1.29, 1.82) is 0 Å². The van der Waals surface area contributed by atoms with Gasteiger partial charge in [0.1, 0.15) is 33.4 Å². The number of carbonyl (C=O) groups is 11. The van der Waals surface area contributed by atoms with E-state index < -0.39 is 86.5 Å². The summed E-state index contributed by atoms with van der Waals surface area (Å²) < 4.78 is 29.4. The molecule has 3 unspecified atom stereocenters. The fourth-order valence-electron chi connectivity index (χ4n) is 13.6. The van der Waals surface area contributed by atoms with E-state index in [1.165, 1.54) is 24.2 Å². The summed E-state index contributed by atoms with van der Waals surface area (Å²) in [7, 11) is 9.57. The molecular formula is C108H118BrClN12O22. The highest BCUT2D eigenvalue weighted by Gasteiger charge is 2.38. The van der Waals surface area contributed by atoms with E-state index in [1.807, 2.05) is 186 Å². The summed E-state index contributed by atoms with van der Waals surface area (Å²) in [5.74, 6) is -5.78. The highest BCUT2D eigenvalue weighted by Crippen LogP contribution is 2.45. The number of halogens is 2. The van der Waals surface area contributed by atoms with Crippen molar-refractivity contribution in [2.45, 2.75) is 113 Å². The zero-order valence-electron chi connectivity index (χ0n) is 83.3. The van der Waals surface area contributed by atoms with Gasteiger partial charge in [0.15, 0.2) is 11.7 Å². The summed E-state index contributed by atoms with van der Waals surface area (Å²) in [6.07, 6.45) is 10.9. The monoisotopic (exact) mass is 2050 g/mol. The number of aromatic carboxylic acids is 1. The number of ether oxygens (including phenoxy) is 5. The predicted molar refractivity (Wildman–Crippen MR) is 554 cm³/mol. The van der Waals surface area contributed by atoms with Crippen molar-refractivity contribution in [3.05, 3.63) is 332 Å². The number of nitrogens with two attached hydrogens (primary N) is 1. The summed E-state index contributed by atoms with van der Waals surface area (Å²) in [5, 5.41) is 53.0. The van der Waals surface area contributed by atoms with Crippen molar-refractivity contribution < 1.29 is 102 Å². The Labute approximate surface area is 848 Å². The van der Waals surface area contributed by atoms with E-state index in [0.717, 1.165) is 77.5 Å². The van der Waals surface area contributed by atoms with E-state index in [9.17, 15) is 73.1 Å². The molecule has 6 aromatic carbocycles. The second-order valence-electron chi connectivity index (χ2n) is 31.9. The minimum Gasteiger partial charge on any atom is -0.480 e. The molecule has 36 heteroatoms. The minimum atomic E-state index is -1.23. The van der Waals surface area contributed by atoms with Crippen LogP contribution < -0.4 is 16.4 Å².